The molecule has 124 valence electrons. The van der Waals surface area contributed by atoms with Crippen LogP contribution in [-0.2, 0) is 0 Å². The lowest BCUT2D eigenvalue weighted by Gasteiger charge is -2.19. The standard InChI is InChI=1S/C18H27NO2.ClH/c1-2-15-21-17-9-7-16(8-10-17)18(20)11-14-19-12-5-3-4-6-13-19;/h7-10H,2-6,11-15H2,1H3;1H. The summed E-state index contributed by atoms with van der Waals surface area (Å²) in [6, 6.07) is 7.56. The van der Waals surface area contributed by atoms with Gasteiger partial charge in [-0.15, -0.1) is 12.4 Å². The molecule has 4 heteroatoms. The summed E-state index contributed by atoms with van der Waals surface area (Å²) >= 11 is 0. The van der Waals surface area contributed by atoms with E-state index in [2.05, 4.69) is 11.8 Å². The van der Waals surface area contributed by atoms with Crippen LogP contribution >= 0.6 is 12.4 Å². The first-order valence-corrected chi connectivity index (χ1v) is 8.28. The summed E-state index contributed by atoms with van der Waals surface area (Å²) in [6.07, 6.45) is 6.84. The zero-order valence-corrected chi connectivity index (χ0v) is 14.4. The van der Waals surface area contributed by atoms with Crippen LogP contribution in [0.25, 0.3) is 0 Å². The lowest BCUT2D eigenvalue weighted by molar-refractivity contribution is 0.0965. The normalized spacial score (nSPS) is 15.7. The largest absolute Gasteiger partial charge is 0.494 e. The SMILES string of the molecule is CCCOc1ccc(C(=O)CCN2CCCCCC2)cc1.Cl. The van der Waals surface area contributed by atoms with Gasteiger partial charge in [0, 0.05) is 18.5 Å². The number of ether oxygens (including phenoxy) is 1. The number of carbonyl (C=O) groups is 1. The number of hydrogen-bond acceptors (Lipinski definition) is 3. The first kappa shape index (κ1) is 19.0. The van der Waals surface area contributed by atoms with Crippen molar-refractivity contribution in [3.63, 3.8) is 0 Å². The molecule has 0 saturated carbocycles. The van der Waals surface area contributed by atoms with E-state index in [1.165, 1.54) is 25.7 Å². The molecule has 0 bridgehead atoms. The van der Waals surface area contributed by atoms with Crippen LogP contribution in [0.15, 0.2) is 24.3 Å². The van der Waals surface area contributed by atoms with Gasteiger partial charge >= 0.3 is 0 Å². The Morgan fingerprint density at radius 3 is 2.32 bits per heavy atom. The number of likely N-dealkylation sites (tertiary alicyclic amines) is 1. The van der Waals surface area contributed by atoms with E-state index in [4.69, 9.17) is 4.74 Å². The van der Waals surface area contributed by atoms with Crippen LogP contribution in [0, 0.1) is 0 Å². The third-order valence-electron chi connectivity index (χ3n) is 4.00. The maximum Gasteiger partial charge on any atom is 0.164 e. The van der Waals surface area contributed by atoms with Gasteiger partial charge in [0.25, 0.3) is 0 Å². The molecule has 22 heavy (non-hydrogen) atoms. The van der Waals surface area contributed by atoms with E-state index in [9.17, 15) is 4.79 Å². The first-order chi connectivity index (χ1) is 10.3. The van der Waals surface area contributed by atoms with Crippen molar-refractivity contribution in [2.24, 2.45) is 0 Å². The molecule has 0 aliphatic carbocycles. The van der Waals surface area contributed by atoms with Crippen LogP contribution in [0.2, 0.25) is 0 Å². The Morgan fingerprint density at radius 1 is 1.09 bits per heavy atom. The van der Waals surface area contributed by atoms with Crippen LogP contribution in [-0.4, -0.2) is 36.9 Å². The second kappa shape index (κ2) is 10.6. The lowest BCUT2D eigenvalue weighted by atomic mass is 10.1. The zero-order chi connectivity index (χ0) is 14.9. The third kappa shape index (κ3) is 6.37. The number of rotatable bonds is 7. The van der Waals surface area contributed by atoms with Crippen LogP contribution in [0.3, 0.4) is 0 Å². The van der Waals surface area contributed by atoms with Gasteiger partial charge in [-0.05, 0) is 56.6 Å². The van der Waals surface area contributed by atoms with E-state index in [-0.39, 0.29) is 18.2 Å². The molecular weight excluding hydrogens is 298 g/mol. The molecular formula is C18H28ClNO2. The minimum Gasteiger partial charge on any atom is -0.494 e. The highest BCUT2D eigenvalue weighted by Crippen LogP contribution is 2.15. The second-order valence-corrected chi connectivity index (χ2v) is 5.80. The van der Waals surface area contributed by atoms with Crippen molar-refractivity contribution in [1.29, 1.82) is 0 Å². The van der Waals surface area contributed by atoms with Gasteiger partial charge in [0.2, 0.25) is 0 Å². The minimum absolute atomic E-state index is 0. The maximum absolute atomic E-state index is 12.2. The van der Waals surface area contributed by atoms with Gasteiger partial charge in [-0.2, -0.15) is 0 Å². The molecule has 1 heterocycles. The van der Waals surface area contributed by atoms with Crippen LogP contribution in [0.4, 0.5) is 0 Å². The molecule has 0 aromatic heterocycles. The van der Waals surface area contributed by atoms with E-state index >= 15 is 0 Å². The fourth-order valence-electron chi connectivity index (χ4n) is 2.72. The van der Waals surface area contributed by atoms with Crippen molar-refractivity contribution in [3.05, 3.63) is 29.8 Å². The van der Waals surface area contributed by atoms with Crippen molar-refractivity contribution in [3.8, 4) is 5.75 Å². The predicted octanol–water partition coefficient (Wildman–Crippen LogP) is 4.35. The molecule has 1 aliphatic heterocycles. The predicted molar refractivity (Wildman–Crippen MR) is 93.3 cm³/mol. The highest BCUT2D eigenvalue weighted by molar-refractivity contribution is 5.96. The van der Waals surface area contributed by atoms with E-state index in [0.29, 0.717) is 6.42 Å². The van der Waals surface area contributed by atoms with E-state index in [1.807, 2.05) is 24.3 Å². The Morgan fingerprint density at radius 2 is 1.73 bits per heavy atom. The van der Waals surface area contributed by atoms with E-state index < -0.39 is 0 Å². The maximum atomic E-state index is 12.2. The van der Waals surface area contributed by atoms with Crippen molar-refractivity contribution < 1.29 is 9.53 Å². The highest BCUT2D eigenvalue weighted by atomic mass is 35.5. The summed E-state index contributed by atoms with van der Waals surface area (Å²) in [5, 5.41) is 0. The van der Waals surface area contributed by atoms with Gasteiger partial charge < -0.3 is 9.64 Å². The average Bonchev–Trinajstić information content (AvgIpc) is 2.80. The van der Waals surface area contributed by atoms with Gasteiger partial charge in [-0.1, -0.05) is 19.8 Å². The quantitative estimate of drug-likeness (QED) is 0.698. The van der Waals surface area contributed by atoms with Crippen molar-refractivity contribution in [2.75, 3.05) is 26.2 Å². The second-order valence-electron chi connectivity index (χ2n) is 5.80. The molecule has 1 aromatic rings. The molecule has 1 saturated heterocycles. The third-order valence-corrected chi connectivity index (χ3v) is 4.00. The number of hydrogen-bond donors (Lipinski definition) is 0. The van der Waals surface area contributed by atoms with E-state index in [0.717, 1.165) is 44.0 Å². The Kier molecular flexibility index (Phi) is 9.17. The Hall–Kier alpha value is -1.06. The highest BCUT2D eigenvalue weighted by Gasteiger charge is 2.12. The number of ketones is 1. The average molecular weight is 326 g/mol. The van der Waals surface area contributed by atoms with E-state index in [1.54, 1.807) is 0 Å². The van der Waals surface area contributed by atoms with Crippen molar-refractivity contribution in [1.82, 2.24) is 4.90 Å². The Labute approximate surface area is 140 Å². The van der Waals surface area contributed by atoms with Gasteiger partial charge in [-0.25, -0.2) is 0 Å². The lowest BCUT2D eigenvalue weighted by Crippen LogP contribution is -2.27. The molecule has 1 aromatic carbocycles. The van der Waals surface area contributed by atoms with Crippen molar-refractivity contribution >= 4 is 18.2 Å². The van der Waals surface area contributed by atoms with Gasteiger partial charge in [0.15, 0.2) is 5.78 Å². The Bertz CT molecular complexity index is 425. The molecule has 0 N–H and O–H groups in total. The molecule has 3 nitrogen and oxygen atoms in total. The minimum atomic E-state index is 0. The molecule has 1 fully saturated rings. The van der Waals surface area contributed by atoms with Crippen LogP contribution in [0.5, 0.6) is 5.75 Å². The van der Waals surface area contributed by atoms with Gasteiger partial charge in [0.1, 0.15) is 5.75 Å². The molecule has 2 rings (SSSR count). The summed E-state index contributed by atoms with van der Waals surface area (Å²) < 4.78 is 5.54. The van der Waals surface area contributed by atoms with Crippen molar-refractivity contribution in [2.45, 2.75) is 45.4 Å². The van der Waals surface area contributed by atoms with Gasteiger partial charge in [0.05, 0.1) is 6.61 Å². The Balaban J connectivity index is 0.00000242. The first-order valence-electron chi connectivity index (χ1n) is 8.28. The summed E-state index contributed by atoms with van der Waals surface area (Å²) in [6.45, 7) is 6.00. The molecule has 1 aliphatic rings. The molecule has 0 amide bonds. The number of Topliss-reactive ketones (excluding diaryl/α,β-unsaturated/α-hetero) is 1. The number of nitrogens with zero attached hydrogens (tertiary/aromatic N) is 1. The summed E-state index contributed by atoms with van der Waals surface area (Å²) in [5.74, 6) is 1.09. The summed E-state index contributed by atoms with van der Waals surface area (Å²) in [5.41, 5.74) is 0.800. The monoisotopic (exact) mass is 325 g/mol. The zero-order valence-electron chi connectivity index (χ0n) is 13.6. The fourth-order valence-corrected chi connectivity index (χ4v) is 2.72. The van der Waals surface area contributed by atoms with Crippen LogP contribution < -0.4 is 4.74 Å². The topological polar surface area (TPSA) is 29.5 Å². The molecule has 0 unspecified atom stereocenters. The number of benzene rings is 1. The number of carbonyl (C=O) groups excluding carboxylic acids is 1. The molecule has 0 spiro atoms. The van der Waals surface area contributed by atoms with Crippen LogP contribution in [0.1, 0.15) is 55.8 Å². The summed E-state index contributed by atoms with van der Waals surface area (Å²) in [7, 11) is 0. The molecule has 0 radical (unpaired) electrons. The smallest absolute Gasteiger partial charge is 0.164 e. The molecule has 0 atom stereocenters. The summed E-state index contributed by atoms with van der Waals surface area (Å²) in [4.78, 5) is 14.7. The van der Waals surface area contributed by atoms with Gasteiger partial charge in [-0.3, -0.25) is 4.79 Å². The number of halogens is 1. The fraction of sp³-hybridized carbons (Fsp3) is 0.611.